The molecule has 1 unspecified atom stereocenters. The second-order valence-electron chi connectivity index (χ2n) is 3.78. The molecule has 1 aliphatic rings. The minimum absolute atomic E-state index is 0.123. The Hall–Kier alpha value is -1.62. The first-order valence-electron chi connectivity index (χ1n) is 5.34. The van der Waals surface area contributed by atoms with Gasteiger partial charge in [-0.1, -0.05) is 24.6 Å². The van der Waals surface area contributed by atoms with Crippen LogP contribution in [0, 0.1) is 0 Å². The SMILES string of the molecule is CCC1C(=O)NC(=O)CN1c1cccc(Cl)n1. The molecule has 17 heavy (non-hydrogen) atoms. The van der Waals surface area contributed by atoms with Crippen molar-refractivity contribution in [1.29, 1.82) is 0 Å². The van der Waals surface area contributed by atoms with Crippen LogP contribution < -0.4 is 10.2 Å². The predicted octanol–water partition coefficient (Wildman–Crippen LogP) is 0.976. The zero-order valence-electron chi connectivity index (χ0n) is 9.31. The van der Waals surface area contributed by atoms with E-state index in [0.717, 1.165) is 0 Å². The van der Waals surface area contributed by atoms with Crippen molar-refractivity contribution in [2.75, 3.05) is 11.4 Å². The van der Waals surface area contributed by atoms with Gasteiger partial charge in [0, 0.05) is 0 Å². The number of carbonyl (C=O) groups excluding carboxylic acids is 2. The van der Waals surface area contributed by atoms with Gasteiger partial charge in [0.05, 0.1) is 6.54 Å². The van der Waals surface area contributed by atoms with Crippen molar-refractivity contribution in [3.8, 4) is 0 Å². The highest BCUT2D eigenvalue weighted by Gasteiger charge is 2.33. The van der Waals surface area contributed by atoms with E-state index in [9.17, 15) is 9.59 Å². The summed E-state index contributed by atoms with van der Waals surface area (Å²) in [6.07, 6.45) is 0.604. The molecule has 1 aliphatic heterocycles. The maximum atomic E-state index is 11.7. The molecule has 1 aromatic rings. The first-order valence-corrected chi connectivity index (χ1v) is 5.72. The number of pyridine rings is 1. The zero-order valence-corrected chi connectivity index (χ0v) is 10.1. The lowest BCUT2D eigenvalue weighted by atomic mass is 10.1. The summed E-state index contributed by atoms with van der Waals surface area (Å²) in [6.45, 7) is 2.01. The third-order valence-electron chi connectivity index (χ3n) is 2.64. The fourth-order valence-corrected chi connectivity index (χ4v) is 2.03. The Kier molecular flexibility index (Phi) is 3.28. The summed E-state index contributed by atoms with van der Waals surface area (Å²) in [5.41, 5.74) is 0. The van der Waals surface area contributed by atoms with Crippen LogP contribution in [0.2, 0.25) is 5.15 Å². The maximum absolute atomic E-state index is 11.7. The number of anilines is 1. The summed E-state index contributed by atoms with van der Waals surface area (Å²) >= 11 is 5.80. The van der Waals surface area contributed by atoms with Gasteiger partial charge in [0.15, 0.2) is 0 Å². The first-order chi connectivity index (χ1) is 8.11. The molecule has 2 heterocycles. The Morgan fingerprint density at radius 3 is 2.94 bits per heavy atom. The molecule has 0 aliphatic carbocycles. The number of piperazine rings is 1. The third kappa shape index (κ3) is 2.39. The molecule has 1 saturated heterocycles. The molecule has 90 valence electrons. The molecule has 1 N–H and O–H groups in total. The Bertz CT molecular complexity index is 464. The van der Waals surface area contributed by atoms with Crippen LogP contribution in [0.1, 0.15) is 13.3 Å². The standard InChI is InChI=1S/C11H12ClN3O2/c1-2-7-11(17)14-10(16)6-15(7)9-5-3-4-8(12)13-9/h3-5,7H,2,6H2,1H3,(H,14,16,17). The van der Waals surface area contributed by atoms with E-state index in [0.29, 0.717) is 17.4 Å². The van der Waals surface area contributed by atoms with Crippen LogP contribution in [0.4, 0.5) is 5.82 Å². The second-order valence-corrected chi connectivity index (χ2v) is 4.17. The lowest BCUT2D eigenvalue weighted by molar-refractivity contribution is -0.132. The van der Waals surface area contributed by atoms with Gasteiger partial charge in [-0.2, -0.15) is 0 Å². The summed E-state index contributed by atoms with van der Waals surface area (Å²) in [7, 11) is 0. The number of nitrogens with one attached hydrogen (secondary N) is 1. The quantitative estimate of drug-likeness (QED) is 0.630. The lowest BCUT2D eigenvalue weighted by Gasteiger charge is -2.34. The van der Waals surface area contributed by atoms with Crippen LogP contribution in [0.15, 0.2) is 18.2 Å². The van der Waals surface area contributed by atoms with Gasteiger partial charge in [0.2, 0.25) is 11.8 Å². The summed E-state index contributed by atoms with van der Waals surface area (Å²) in [5, 5.41) is 2.66. The second kappa shape index (κ2) is 4.71. The van der Waals surface area contributed by atoms with Crippen molar-refractivity contribution in [3.63, 3.8) is 0 Å². The smallest absolute Gasteiger partial charge is 0.249 e. The minimum atomic E-state index is -0.376. The molecule has 1 fully saturated rings. The molecule has 0 spiro atoms. The number of hydrogen-bond donors (Lipinski definition) is 1. The number of carbonyl (C=O) groups is 2. The Balaban J connectivity index is 2.34. The molecule has 0 radical (unpaired) electrons. The van der Waals surface area contributed by atoms with Gasteiger partial charge in [-0.3, -0.25) is 14.9 Å². The van der Waals surface area contributed by atoms with E-state index in [1.807, 2.05) is 6.92 Å². The summed E-state index contributed by atoms with van der Waals surface area (Å²) in [5.74, 6) is -0.0560. The largest absolute Gasteiger partial charge is 0.335 e. The summed E-state index contributed by atoms with van der Waals surface area (Å²) in [4.78, 5) is 28.8. The third-order valence-corrected chi connectivity index (χ3v) is 2.85. The fourth-order valence-electron chi connectivity index (χ4n) is 1.87. The predicted molar refractivity (Wildman–Crippen MR) is 63.8 cm³/mol. The normalized spacial score (nSPS) is 20.4. The zero-order chi connectivity index (χ0) is 12.4. The topological polar surface area (TPSA) is 62.3 Å². The minimum Gasteiger partial charge on any atom is -0.335 e. The van der Waals surface area contributed by atoms with Gasteiger partial charge in [-0.15, -0.1) is 0 Å². The first kappa shape index (κ1) is 11.9. The molecule has 6 heteroatoms. The highest BCUT2D eigenvalue weighted by atomic mass is 35.5. The molecule has 2 rings (SSSR count). The molecule has 2 amide bonds. The molecule has 1 aromatic heterocycles. The fraction of sp³-hybridized carbons (Fsp3) is 0.364. The van der Waals surface area contributed by atoms with Crippen LogP contribution in [0.25, 0.3) is 0 Å². The lowest BCUT2D eigenvalue weighted by Crippen LogP contribution is -2.58. The monoisotopic (exact) mass is 253 g/mol. The van der Waals surface area contributed by atoms with Crippen molar-refractivity contribution in [2.45, 2.75) is 19.4 Å². The van der Waals surface area contributed by atoms with Gasteiger partial charge in [0.1, 0.15) is 17.0 Å². The van der Waals surface area contributed by atoms with Gasteiger partial charge in [0.25, 0.3) is 0 Å². The molecule has 5 nitrogen and oxygen atoms in total. The van der Waals surface area contributed by atoms with Crippen LogP contribution in [-0.4, -0.2) is 29.4 Å². The molecule has 0 bridgehead atoms. The number of amides is 2. The van der Waals surface area contributed by atoms with Crippen LogP contribution in [0.5, 0.6) is 0 Å². The summed E-state index contributed by atoms with van der Waals surface area (Å²) in [6, 6.07) is 4.76. The van der Waals surface area contributed by atoms with E-state index in [4.69, 9.17) is 11.6 Å². The van der Waals surface area contributed by atoms with Crippen LogP contribution >= 0.6 is 11.6 Å². The number of hydrogen-bond acceptors (Lipinski definition) is 4. The average Bonchev–Trinajstić information content (AvgIpc) is 2.28. The van der Waals surface area contributed by atoms with Gasteiger partial charge >= 0.3 is 0 Å². The van der Waals surface area contributed by atoms with Gasteiger partial charge in [-0.05, 0) is 18.6 Å². The highest BCUT2D eigenvalue weighted by molar-refractivity contribution is 6.29. The number of imide groups is 1. The average molecular weight is 254 g/mol. The molecule has 1 atom stereocenters. The van der Waals surface area contributed by atoms with Crippen molar-refractivity contribution in [1.82, 2.24) is 10.3 Å². The van der Waals surface area contributed by atoms with Crippen molar-refractivity contribution < 1.29 is 9.59 Å². The van der Waals surface area contributed by atoms with E-state index >= 15 is 0 Å². The van der Waals surface area contributed by atoms with Crippen molar-refractivity contribution in [2.24, 2.45) is 0 Å². The van der Waals surface area contributed by atoms with Crippen LogP contribution in [0.3, 0.4) is 0 Å². The van der Waals surface area contributed by atoms with Gasteiger partial charge < -0.3 is 4.90 Å². The number of aromatic nitrogens is 1. The number of halogens is 1. The Morgan fingerprint density at radius 1 is 1.53 bits per heavy atom. The van der Waals surface area contributed by atoms with E-state index in [2.05, 4.69) is 10.3 Å². The molecular formula is C11H12ClN3O2. The summed E-state index contributed by atoms with van der Waals surface area (Å²) < 4.78 is 0. The molecule has 0 saturated carbocycles. The molecule has 0 aromatic carbocycles. The number of nitrogens with zero attached hydrogens (tertiary/aromatic N) is 2. The van der Waals surface area contributed by atoms with E-state index < -0.39 is 0 Å². The maximum Gasteiger partial charge on any atom is 0.249 e. The van der Waals surface area contributed by atoms with Crippen LogP contribution in [-0.2, 0) is 9.59 Å². The Morgan fingerprint density at radius 2 is 2.29 bits per heavy atom. The van der Waals surface area contributed by atoms with E-state index in [-0.39, 0.29) is 24.4 Å². The van der Waals surface area contributed by atoms with E-state index in [1.54, 1.807) is 23.1 Å². The number of rotatable bonds is 2. The van der Waals surface area contributed by atoms with Crippen molar-refractivity contribution >= 4 is 29.2 Å². The van der Waals surface area contributed by atoms with E-state index in [1.165, 1.54) is 0 Å². The van der Waals surface area contributed by atoms with Gasteiger partial charge in [-0.25, -0.2) is 4.98 Å². The highest BCUT2D eigenvalue weighted by Crippen LogP contribution is 2.20. The molecular weight excluding hydrogens is 242 g/mol. The van der Waals surface area contributed by atoms with Crippen molar-refractivity contribution in [3.05, 3.63) is 23.4 Å². The Labute approximate surface area is 104 Å².